The number of hydrogen-bond acceptors (Lipinski definition) is 4. The summed E-state index contributed by atoms with van der Waals surface area (Å²) in [5.74, 6) is -0.304. The van der Waals surface area contributed by atoms with Gasteiger partial charge >= 0.3 is 5.97 Å². The largest absolute Gasteiger partial charge is 0.467 e. The summed E-state index contributed by atoms with van der Waals surface area (Å²) in [5, 5.41) is 2.68. The summed E-state index contributed by atoms with van der Waals surface area (Å²) in [6.07, 6.45) is 4.48. The third-order valence-electron chi connectivity index (χ3n) is 3.18. The lowest BCUT2D eigenvalue weighted by molar-refractivity contribution is -0.144. The molecule has 120 valence electrons. The van der Waals surface area contributed by atoms with E-state index in [1.54, 1.807) is 25.1 Å². The first-order valence-electron chi connectivity index (χ1n) is 7.29. The third kappa shape index (κ3) is 5.47. The molecule has 0 unspecified atom stereocenters. The number of carbonyl (C=O) groups is 2. The van der Waals surface area contributed by atoms with Crippen LogP contribution in [0.5, 0.6) is 0 Å². The van der Waals surface area contributed by atoms with Crippen LogP contribution in [0, 0.1) is 6.92 Å². The minimum absolute atomic E-state index is 0.278. The lowest BCUT2D eigenvalue weighted by atomic mass is 10.1. The zero-order valence-corrected chi connectivity index (χ0v) is 13.1. The van der Waals surface area contributed by atoms with E-state index in [2.05, 4.69) is 5.32 Å². The molecule has 0 radical (unpaired) electrons. The summed E-state index contributed by atoms with van der Waals surface area (Å²) in [4.78, 5) is 23.3. The first-order chi connectivity index (χ1) is 11.0. The van der Waals surface area contributed by atoms with Gasteiger partial charge < -0.3 is 14.5 Å². The van der Waals surface area contributed by atoms with Crippen LogP contribution in [0.4, 0.5) is 0 Å². The minimum atomic E-state index is -0.564. The molecule has 0 saturated heterocycles. The molecule has 1 aromatic carbocycles. The van der Waals surface area contributed by atoms with Crippen LogP contribution >= 0.6 is 0 Å². The topological polar surface area (TPSA) is 68.5 Å². The number of nitrogens with one attached hydrogen (secondary N) is 1. The smallest absolute Gasteiger partial charge is 0.331 e. The lowest BCUT2D eigenvalue weighted by Crippen LogP contribution is -2.30. The predicted molar refractivity (Wildman–Crippen MR) is 86.4 cm³/mol. The van der Waals surface area contributed by atoms with E-state index in [4.69, 9.17) is 9.15 Å². The molecule has 1 N–H and O–H groups in total. The first-order valence-corrected chi connectivity index (χ1v) is 7.29. The van der Waals surface area contributed by atoms with Gasteiger partial charge in [-0.2, -0.15) is 0 Å². The Morgan fingerprint density at radius 2 is 2.00 bits per heavy atom. The van der Waals surface area contributed by atoms with Gasteiger partial charge in [-0.25, -0.2) is 4.79 Å². The Kier molecular flexibility index (Phi) is 5.74. The number of ether oxygens (including phenoxy) is 1. The van der Waals surface area contributed by atoms with Gasteiger partial charge in [0.1, 0.15) is 5.76 Å². The second-order valence-electron chi connectivity index (χ2n) is 5.16. The van der Waals surface area contributed by atoms with E-state index in [0.29, 0.717) is 5.76 Å². The van der Waals surface area contributed by atoms with Crippen LogP contribution in [0.1, 0.15) is 29.9 Å². The molecule has 5 heteroatoms. The number of benzene rings is 1. The average molecular weight is 313 g/mol. The molecule has 0 fully saturated rings. The molecule has 0 spiro atoms. The van der Waals surface area contributed by atoms with Crippen LogP contribution in [-0.4, -0.2) is 18.5 Å². The third-order valence-corrected chi connectivity index (χ3v) is 3.18. The summed E-state index contributed by atoms with van der Waals surface area (Å²) in [7, 11) is 0. The van der Waals surface area contributed by atoms with Gasteiger partial charge in [0.25, 0.3) is 5.91 Å². The van der Waals surface area contributed by atoms with E-state index in [0.717, 1.165) is 11.1 Å². The number of aryl methyl sites for hydroxylation is 1. The van der Waals surface area contributed by atoms with Crippen molar-refractivity contribution < 1.29 is 18.7 Å². The van der Waals surface area contributed by atoms with E-state index in [9.17, 15) is 9.59 Å². The van der Waals surface area contributed by atoms with Gasteiger partial charge in [0.2, 0.25) is 0 Å². The van der Waals surface area contributed by atoms with E-state index < -0.39 is 5.97 Å². The number of furan rings is 1. The monoisotopic (exact) mass is 313 g/mol. The maximum atomic E-state index is 11.7. The maximum absolute atomic E-state index is 11.7. The van der Waals surface area contributed by atoms with Gasteiger partial charge in [0, 0.05) is 6.08 Å². The fourth-order valence-electron chi connectivity index (χ4n) is 1.92. The molecule has 0 aliphatic heterocycles. The second-order valence-corrected chi connectivity index (χ2v) is 5.16. The van der Waals surface area contributed by atoms with E-state index in [1.807, 2.05) is 31.2 Å². The van der Waals surface area contributed by atoms with E-state index in [1.165, 1.54) is 12.3 Å². The first kappa shape index (κ1) is 16.5. The fraction of sp³-hybridized carbons (Fsp3) is 0.222. The number of carbonyl (C=O) groups excluding carboxylic acids is 2. The van der Waals surface area contributed by atoms with E-state index >= 15 is 0 Å². The van der Waals surface area contributed by atoms with Crippen molar-refractivity contribution in [2.75, 3.05) is 6.61 Å². The SMILES string of the molecule is Cc1ccc(/C=C/C(=O)OCC(=O)N[C@@H](C)c2ccco2)cc1. The maximum Gasteiger partial charge on any atom is 0.331 e. The molecule has 1 heterocycles. The highest BCUT2D eigenvalue weighted by Crippen LogP contribution is 2.11. The zero-order valence-electron chi connectivity index (χ0n) is 13.1. The van der Waals surface area contributed by atoms with Crippen molar-refractivity contribution in [3.05, 3.63) is 65.6 Å². The molecule has 0 bridgehead atoms. The molecule has 0 aliphatic rings. The molecule has 1 amide bonds. The van der Waals surface area contributed by atoms with Crippen molar-refractivity contribution in [1.29, 1.82) is 0 Å². The van der Waals surface area contributed by atoms with Gasteiger partial charge in [-0.05, 0) is 37.6 Å². The summed E-state index contributed by atoms with van der Waals surface area (Å²) >= 11 is 0. The van der Waals surface area contributed by atoms with Crippen LogP contribution in [-0.2, 0) is 14.3 Å². The number of esters is 1. The Morgan fingerprint density at radius 1 is 1.26 bits per heavy atom. The van der Waals surface area contributed by atoms with Gasteiger partial charge in [0.15, 0.2) is 6.61 Å². The van der Waals surface area contributed by atoms with Crippen LogP contribution in [0.25, 0.3) is 6.08 Å². The van der Waals surface area contributed by atoms with Crippen LogP contribution in [0.3, 0.4) is 0 Å². The van der Waals surface area contributed by atoms with Crippen molar-refractivity contribution in [2.45, 2.75) is 19.9 Å². The molecule has 0 saturated carbocycles. The average Bonchev–Trinajstić information content (AvgIpc) is 3.07. The van der Waals surface area contributed by atoms with Crippen molar-refractivity contribution in [3.8, 4) is 0 Å². The molecular weight excluding hydrogens is 294 g/mol. The number of hydrogen-bond donors (Lipinski definition) is 1. The molecule has 5 nitrogen and oxygen atoms in total. The highest BCUT2D eigenvalue weighted by Gasteiger charge is 2.12. The number of amides is 1. The molecule has 0 aliphatic carbocycles. The molecular formula is C18H19NO4. The normalized spacial score (nSPS) is 12.1. The van der Waals surface area contributed by atoms with Gasteiger partial charge in [-0.1, -0.05) is 29.8 Å². The fourth-order valence-corrected chi connectivity index (χ4v) is 1.92. The highest BCUT2D eigenvalue weighted by molar-refractivity contribution is 5.89. The Balaban J connectivity index is 1.75. The van der Waals surface area contributed by atoms with Gasteiger partial charge in [-0.15, -0.1) is 0 Å². The van der Waals surface area contributed by atoms with Crippen molar-refractivity contribution >= 4 is 18.0 Å². The predicted octanol–water partition coefficient (Wildman–Crippen LogP) is 3.02. The quantitative estimate of drug-likeness (QED) is 0.657. The van der Waals surface area contributed by atoms with Crippen molar-refractivity contribution in [2.24, 2.45) is 0 Å². The van der Waals surface area contributed by atoms with E-state index in [-0.39, 0.29) is 18.6 Å². The summed E-state index contributed by atoms with van der Waals surface area (Å²) < 4.78 is 10.1. The van der Waals surface area contributed by atoms with Crippen molar-refractivity contribution in [1.82, 2.24) is 5.32 Å². The van der Waals surface area contributed by atoms with Crippen molar-refractivity contribution in [3.63, 3.8) is 0 Å². The Hall–Kier alpha value is -2.82. The van der Waals surface area contributed by atoms with Gasteiger partial charge in [0.05, 0.1) is 12.3 Å². The second kappa shape index (κ2) is 7.98. The standard InChI is InChI=1S/C18H19NO4/c1-13-5-7-15(8-6-13)9-10-18(21)23-12-17(20)19-14(2)16-4-3-11-22-16/h3-11,14H,12H2,1-2H3,(H,19,20)/b10-9+/t14-/m0/s1. The van der Waals surface area contributed by atoms with Crippen LogP contribution in [0.15, 0.2) is 53.2 Å². The Morgan fingerprint density at radius 3 is 2.65 bits per heavy atom. The lowest BCUT2D eigenvalue weighted by Gasteiger charge is -2.11. The molecule has 2 rings (SSSR count). The summed E-state index contributed by atoms with van der Waals surface area (Å²) in [6.45, 7) is 3.45. The highest BCUT2D eigenvalue weighted by atomic mass is 16.5. The zero-order chi connectivity index (χ0) is 16.7. The molecule has 1 atom stereocenters. The van der Waals surface area contributed by atoms with Gasteiger partial charge in [-0.3, -0.25) is 4.79 Å². The molecule has 1 aromatic heterocycles. The Labute approximate surface area is 134 Å². The number of rotatable bonds is 6. The summed E-state index contributed by atoms with van der Waals surface area (Å²) in [6, 6.07) is 10.9. The Bertz CT molecular complexity index is 672. The molecule has 23 heavy (non-hydrogen) atoms. The minimum Gasteiger partial charge on any atom is -0.467 e. The van der Waals surface area contributed by atoms with Crippen LogP contribution < -0.4 is 5.32 Å². The summed E-state index contributed by atoms with van der Waals surface area (Å²) in [5.41, 5.74) is 2.04. The molecule has 2 aromatic rings. The van der Waals surface area contributed by atoms with Crippen LogP contribution in [0.2, 0.25) is 0 Å².